The average Bonchev–Trinajstić information content (AvgIpc) is 2.17. The van der Waals surface area contributed by atoms with Gasteiger partial charge in [0.1, 0.15) is 12.0 Å². The summed E-state index contributed by atoms with van der Waals surface area (Å²) in [6.07, 6.45) is 0.588. The summed E-state index contributed by atoms with van der Waals surface area (Å²) >= 11 is 0. The molecule has 1 aliphatic rings. The number of fused-ring (bicyclic) bond motifs is 1. The number of carbonyl (C=O) groups is 1. The topological polar surface area (TPSA) is 26.3 Å². The standard InChI is InChI=1S/C10H9FO2/c11-10-4-2-8-5-7(6-12)1-3-9(8)13-10/h1,3,5-6,10H,2,4H2. The van der Waals surface area contributed by atoms with Crippen LogP contribution >= 0.6 is 0 Å². The highest BCUT2D eigenvalue weighted by Gasteiger charge is 2.18. The fourth-order valence-corrected chi connectivity index (χ4v) is 1.45. The first-order valence-corrected chi connectivity index (χ1v) is 4.18. The fraction of sp³-hybridized carbons (Fsp3) is 0.300. The Balaban J connectivity index is 2.36. The van der Waals surface area contributed by atoms with Crippen molar-refractivity contribution in [1.29, 1.82) is 0 Å². The van der Waals surface area contributed by atoms with Crippen LogP contribution in [0.15, 0.2) is 18.2 Å². The van der Waals surface area contributed by atoms with Crippen LogP contribution in [0.5, 0.6) is 5.75 Å². The van der Waals surface area contributed by atoms with Gasteiger partial charge in [-0.05, 0) is 30.2 Å². The highest BCUT2D eigenvalue weighted by molar-refractivity contribution is 5.75. The molecule has 1 aromatic carbocycles. The van der Waals surface area contributed by atoms with E-state index in [4.69, 9.17) is 4.74 Å². The number of hydrogen-bond acceptors (Lipinski definition) is 2. The number of ether oxygens (including phenoxy) is 1. The van der Waals surface area contributed by atoms with Crippen LogP contribution in [0.2, 0.25) is 0 Å². The summed E-state index contributed by atoms with van der Waals surface area (Å²) in [5.41, 5.74) is 1.53. The van der Waals surface area contributed by atoms with Gasteiger partial charge in [-0.15, -0.1) is 0 Å². The second-order valence-corrected chi connectivity index (χ2v) is 3.05. The zero-order valence-electron chi connectivity index (χ0n) is 7.00. The number of aryl methyl sites for hydroxylation is 1. The minimum atomic E-state index is -1.20. The van der Waals surface area contributed by atoms with Crippen molar-refractivity contribution < 1.29 is 13.9 Å². The molecule has 0 aliphatic carbocycles. The van der Waals surface area contributed by atoms with Crippen LogP contribution < -0.4 is 4.74 Å². The third-order valence-electron chi connectivity index (χ3n) is 2.12. The van der Waals surface area contributed by atoms with E-state index in [-0.39, 0.29) is 0 Å². The lowest BCUT2D eigenvalue weighted by Gasteiger charge is -2.20. The Kier molecular flexibility index (Phi) is 2.00. The Morgan fingerprint density at radius 1 is 1.54 bits per heavy atom. The van der Waals surface area contributed by atoms with Crippen molar-refractivity contribution in [1.82, 2.24) is 0 Å². The van der Waals surface area contributed by atoms with Gasteiger partial charge in [-0.25, -0.2) is 4.39 Å². The van der Waals surface area contributed by atoms with E-state index in [2.05, 4.69) is 0 Å². The van der Waals surface area contributed by atoms with E-state index in [9.17, 15) is 9.18 Å². The maximum absolute atomic E-state index is 12.8. The molecule has 2 rings (SSSR count). The average molecular weight is 180 g/mol. The minimum Gasteiger partial charge on any atom is -0.460 e. The number of halogens is 1. The van der Waals surface area contributed by atoms with E-state index in [1.54, 1.807) is 18.2 Å². The van der Waals surface area contributed by atoms with Gasteiger partial charge >= 0.3 is 0 Å². The lowest BCUT2D eigenvalue weighted by atomic mass is 10.0. The molecule has 0 saturated heterocycles. The normalized spacial score (nSPS) is 20.2. The minimum absolute atomic E-state index is 0.370. The molecule has 0 radical (unpaired) electrons. The van der Waals surface area contributed by atoms with E-state index in [1.807, 2.05) is 0 Å². The van der Waals surface area contributed by atoms with Crippen LogP contribution in [-0.4, -0.2) is 12.6 Å². The molecular weight excluding hydrogens is 171 g/mol. The van der Waals surface area contributed by atoms with E-state index < -0.39 is 6.36 Å². The molecule has 1 heterocycles. The third-order valence-corrected chi connectivity index (χ3v) is 2.12. The fourth-order valence-electron chi connectivity index (χ4n) is 1.45. The van der Waals surface area contributed by atoms with Crippen LogP contribution in [0.4, 0.5) is 4.39 Å². The Labute approximate surface area is 75.3 Å². The summed E-state index contributed by atoms with van der Waals surface area (Å²) in [5, 5.41) is 0. The molecule has 0 saturated carbocycles. The predicted molar refractivity (Wildman–Crippen MR) is 45.7 cm³/mol. The quantitative estimate of drug-likeness (QED) is 0.619. The second-order valence-electron chi connectivity index (χ2n) is 3.05. The Morgan fingerprint density at radius 3 is 3.15 bits per heavy atom. The Hall–Kier alpha value is -1.38. The maximum atomic E-state index is 12.8. The second kappa shape index (κ2) is 3.17. The molecular formula is C10H9FO2. The van der Waals surface area contributed by atoms with Gasteiger partial charge in [0.05, 0.1) is 0 Å². The summed E-state index contributed by atoms with van der Waals surface area (Å²) in [6, 6.07) is 5.02. The van der Waals surface area contributed by atoms with Gasteiger partial charge in [-0.2, -0.15) is 0 Å². The summed E-state index contributed by atoms with van der Waals surface area (Å²) in [6.45, 7) is 0. The van der Waals surface area contributed by atoms with E-state index in [0.717, 1.165) is 11.8 Å². The molecule has 1 atom stereocenters. The van der Waals surface area contributed by atoms with Crippen molar-refractivity contribution in [2.75, 3.05) is 0 Å². The SMILES string of the molecule is O=Cc1ccc2c(c1)CCC(F)O2. The van der Waals surface area contributed by atoms with Crippen molar-refractivity contribution in [2.24, 2.45) is 0 Å². The largest absolute Gasteiger partial charge is 0.460 e. The Morgan fingerprint density at radius 2 is 2.38 bits per heavy atom. The molecule has 1 aromatic rings. The molecule has 2 nitrogen and oxygen atoms in total. The highest BCUT2D eigenvalue weighted by Crippen LogP contribution is 2.28. The van der Waals surface area contributed by atoms with Gasteiger partial charge in [0, 0.05) is 12.0 Å². The number of aldehydes is 1. The smallest absolute Gasteiger partial charge is 0.238 e. The maximum Gasteiger partial charge on any atom is 0.238 e. The van der Waals surface area contributed by atoms with Gasteiger partial charge in [-0.3, -0.25) is 4.79 Å². The van der Waals surface area contributed by atoms with Gasteiger partial charge in [0.2, 0.25) is 6.36 Å². The lowest BCUT2D eigenvalue weighted by Crippen LogP contribution is -2.17. The van der Waals surface area contributed by atoms with Crippen molar-refractivity contribution in [3.05, 3.63) is 29.3 Å². The molecule has 1 aliphatic heterocycles. The van der Waals surface area contributed by atoms with E-state index in [0.29, 0.717) is 24.2 Å². The highest BCUT2D eigenvalue weighted by atomic mass is 19.1. The predicted octanol–water partition coefficient (Wildman–Crippen LogP) is 2.12. The first kappa shape index (κ1) is 8.23. The lowest BCUT2D eigenvalue weighted by molar-refractivity contribution is 0.0477. The van der Waals surface area contributed by atoms with Gasteiger partial charge < -0.3 is 4.74 Å². The summed E-state index contributed by atoms with van der Waals surface area (Å²) < 4.78 is 17.7. The number of rotatable bonds is 1. The van der Waals surface area contributed by atoms with Gasteiger partial charge in [0.25, 0.3) is 0 Å². The zero-order valence-corrected chi connectivity index (χ0v) is 7.00. The molecule has 0 aromatic heterocycles. The third kappa shape index (κ3) is 1.54. The van der Waals surface area contributed by atoms with Crippen LogP contribution in [-0.2, 0) is 6.42 Å². The van der Waals surface area contributed by atoms with Crippen molar-refractivity contribution in [3.63, 3.8) is 0 Å². The van der Waals surface area contributed by atoms with Crippen molar-refractivity contribution >= 4 is 6.29 Å². The molecule has 0 bridgehead atoms. The van der Waals surface area contributed by atoms with Crippen molar-refractivity contribution in [3.8, 4) is 5.75 Å². The first-order chi connectivity index (χ1) is 6.29. The van der Waals surface area contributed by atoms with Gasteiger partial charge in [0.15, 0.2) is 0 Å². The monoisotopic (exact) mass is 180 g/mol. The van der Waals surface area contributed by atoms with E-state index in [1.165, 1.54) is 0 Å². The molecule has 0 amide bonds. The van der Waals surface area contributed by atoms with Crippen LogP contribution in [0.3, 0.4) is 0 Å². The van der Waals surface area contributed by atoms with Gasteiger partial charge in [-0.1, -0.05) is 0 Å². The van der Waals surface area contributed by atoms with Crippen LogP contribution in [0, 0.1) is 0 Å². The molecule has 0 fully saturated rings. The molecule has 3 heteroatoms. The number of alkyl halides is 1. The number of benzene rings is 1. The van der Waals surface area contributed by atoms with Crippen molar-refractivity contribution in [2.45, 2.75) is 19.2 Å². The van der Waals surface area contributed by atoms with Crippen LogP contribution in [0.1, 0.15) is 22.3 Å². The molecule has 1 unspecified atom stereocenters. The number of carbonyl (C=O) groups excluding carboxylic acids is 1. The molecule has 68 valence electrons. The zero-order chi connectivity index (χ0) is 9.26. The Bertz CT molecular complexity index is 336. The number of hydrogen-bond donors (Lipinski definition) is 0. The molecule has 13 heavy (non-hydrogen) atoms. The molecule has 0 spiro atoms. The summed E-state index contributed by atoms with van der Waals surface area (Å²) in [7, 11) is 0. The van der Waals surface area contributed by atoms with Crippen LogP contribution in [0.25, 0.3) is 0 Å². The van der Waals surface area contributed by atoms with E-state index >= 15 is 0 Å². The summed E-state index contributed by atoms with van der Waals surface area (Å²) in [4.78, 5) is 10.4. The summed E-state index contributed by atoms with van der Waals surface area (Å²) in [5.74, 6) is 0.560. The molecule has 0 N–H and O–H groups in total. The first-order valence-electron chi connectivity index (χ1n) is 4.18.